The fourth-order valence-corrected chi connectivity index (χ4v) is 2.43. The molecule has 0 aromatic carbocycles. The van der Waals surface area contributed by atoms with Gasteiger partial charge in [-0.15, -0.1) is 0 Å². The quantitative estimate of drug-likeness (QED) is 0.585. The van der Waals surface area contributed by atoms with E-state index in [1.807, 2.05) is 24.9 Å². The third-order valence-corrected chi connectivity index (χ3v) is 3.23. The van der Waals surface area contributed by atoms with Crippen LogP contribution in [0.5, 0.6) is 0 Å². The maximum Gasteiger partial charge on any atom is 0.0642 e. The number of hydrogen-bond acceptors (Lipinski definition) is 4. The first-order valence-corrected chi connectivity index (χ1v) is 5.76. The second-order valence-corrected chi connectivity index (χ2v) is 4.47. The van der Waals surface area contributed by atoms with E-state index in [2.05, 4.69) is 10.5 Å². The zero-order valence-corrected chi connectivity index (χ0v) is 9.94. The normalized spacial score (nSPS) is 23.3. The van der Waals surface area contributed by atoms with Crippen molar-refractivity contribution in [1.82, 2.24) is 15.2 Å². The van der Waals surface area contributed by atoms with Crippen LogP contribution in [-0.4, -0.2) is 23.0 Å². The first-order chi connectivity index (χ1) is 7.72. The van der Waals surface area contributed by atoms with Gasteiger partial charge in [-0.1, -0.05) is 0 Å². The van der Waals surface area contributed by atoms with Gasteiger partial charge < -0.3 is 4.74 Å². The van der Waals surface area contributed by atoms with Gasteiger partial charge in [-0.05, 0) is 19.8 Å². The Hall–Kier alpha value is -0.910. The van der Waals surface area contributed by atoms with Crippen LogP contribution in [0.15, 0.2) is 6.20 Å². The van der Waals surface area contributed by atoms with E-state index < -0.39 is 0 Å². The first-order valence-electron chi connectivity index (χ1n) is 5.76. The molecule has 1 fully saturated rings. The number of hydrogen-bond donors (Lipinski definition) is 2. The van der Waals surface area contributed by atoms with Crippen molar-refractivity contribution in [2.75, 3.05) is 13.2 Å². The van der Waals surface area contributed by atoms with Crippen molar-refractivity contribution in [3.8, 4) is 0 Å². The lowest BCUT2D eigenvalue weighted by Gasteiger charge is -2.29. The Balaban J connectivity index is 2.17. The molecule has 5 nitrogen and oxygen atoms in total. The van der Waals surface area contributed by atoms with E-state index in [-0.39, 0.29) is 6.04 Å². The average Bonchev–Trinajstić information content (AvgIpc) is 2.61. The lowest BCUT2D eigenvalue weighted by molar-refractivity contribution is 0.0389. The van der Waals surface area contributed by atoms with Crippen molar-refractivity contribution in [3.05, 3.63) is 17.5 Å². The van der Waals surface area contributed by atoms with Crippen LogP contribution in [-0.2, 0) is 11.8 Å². The Labute approximate surface area is 95.9 Å². The van der Waals surface area contributed by atoms with E-state index in [1.54, 1.807) is 0 Å². The molecule has 1 aromatic heterocycles. The summed E-state index contributed by atoms with van der Waals surface area (Å²) in [6.45, 7) is 3.67. The Morgan fingerprint density at radius 2 is 2.50 bits per heavy atom. The average molecular weight is 224 g/mol. The van der Waals surface area contributed by atoms with Gasteiger partial charge in [-0.25, -0.2) is 0 Å². The molecular weight excluding hydrogens is 204 g/mol. The number of aryl methyl sites for hydroxylation is 2. The topological polar surface area (TPSA) is 65.1 Å². The van der Waals surface area contributed by atoms with Crippen LogP contribution in [0.1, 0.15) is 30.1 Å². The van der Waals surface area contributed by atoms with Crippen molar-refractivity contribution in [2.24, 2.45) is 18.8 Å². The van der Waals surface area contributed by atoms with E-state index in [9.17, 15) is 0 Å². The van der Waals surface area contributed by atoms with Crippen LogP contribution in [0.25, 0.3) is 0 Å². The zero-order chi connectivity index (χ0) is 11.5. The summed E-state index contributed by atoms with van der Waals surface area (Å²) in [4.78, 5) is 0. The molecule has 1 aliphatic rings. The molecule has 2 atom stereocenters. The van der Waals surface area contributed by atoms with E-state index in [4.69, 9.17) is 10.6 Å². The number of nitrogens with two attached hydrogens (primary N) is 1. The highest BCUT2D eigenvalue weighted by Crippen LogP contribution is 2.29. The van der Waals surface area contributed by atoms with E-state index in [1.165, 1.54) is 5.56 Å². The number of nitrogens with one attached hydrogen (secondary N) is 1. The molecule has 2 heterocycles. The van der Waals surface area contributed by atoms with Crippen LogP contribution in [0.2, 0.25) is 0 Å². The molecule has 0 bridgehead atoms. The summed E-state index contributed by atoms with van der Waals surface area (Å²) in [7, 11) is 1.93. The summed E-state index contributed by atoms with van der Waals surface area (Å²) in [5, 5.41) is 4.36. The molecule has 3 N–H and O–H groups in total. The van der Waals surface area contributed by atoms with Crippen molar-refractivity contribution in [2.45, 2.75) is 25.8 Å². The Morgan fingerprint density at radius 3 is 3.00 bits per heavy atom. The van der Waals surface area contributed by atoms with E-state index >= 15 is 0 Å². The third-order valence-electron chi connectivity index (χ3n) is 3.23. The molecule has 5 heteroatoms. The van der Waals surface area contributed by atoms with E-state index in [0.717, 1.165) is 31.7 Å². The number of rotatable bonds is 3. The molecule has 0 aliphatic carbocycles. The van der Waals surface area contributed by atoms with Crippen LogP contribution >= 0.6 is 0 Å². The molecule has 2 rings (SSSR count). The van der Waals surface area contributed by atoms with Gasteiger partial charge in [-0.3, -0.25) is 16.0 Å². The molecule has 2 unspecified atom stereocenters. The lowest BCUT2D eigenvalue weighted by atomic mass is 9.89. The summed E-state index contributed by atoms with van der Waals surface area (Å²) in [6, 6.07) is 0.147. The first kappa shape index (κ1) is 11.6. The SMILES string of the molecule is Cc1nn(C)cc1C(NN)C1CCCOC1. The fraction of sp³-hybridized carbons (Fsp3) is 0.727. The monoisotopic (exact) mass is 224 g/mol. The Morgan fingerprint density at radius 1 is 1.69 bits per heavy atom. The van der Waals surface area contributed by atoms with Gasteiger partial charge in [0.2, 0.25) is 0 Å². The second kappa shape index (κ2) is 4.95. The molecule has 0 amide bonds. The molecule has 0 spiro atoms. The van der Waals surface area contributed by atoms with Crippen LogP contribution < -0.4 is 11.3 Å². The summed E-state index contributed by atoms with van der Waals surface area (Å²) in [5.74, 6) is 6.12. The minimum Gasteiger partial charge on any atom is -0.381 e. The number of ether oxygens (including phenoxy) is 1. The number of nitrogens with zero attached hydrogens (tertiary/aromatic N) is 2. The molecular formula is C11H20N4O. The molecule has 90 valence electrons. The third kappa shape index (κ3) is 2.26. The predicted molar refractivity (Wildman–Crippen MR) is 61.6 cm³/mol. The van der Waals surface area contributed by atoms with Crippen LogP contribution in [0.4, 0.5) is 0 Å². The summed E-state index contributed by atoms with van der Waals surface area (Å²) in [6.07, 6.45) is 4.31. The number of aromatic nitrogens is 2. The standard InChI is InChI=1S/C11H20N4O/c1-8-10(6-15(2)14-8)11(13-12)9-4-3-5-16-7-9/h6,9,11,13H,3-5,7,12H2,1-2H3. The van der Waals surface area contributed by atoms with Crippen molar-refractivity contribution >= 4 is 0 Å². The smallest absolute Gasteiger partial charge is 0.0642 e. The maximum atomic E-state index is 5.67. The highest BCUT2D eigenvalue weighted by Gasteiger charge is 2.27. The molecule has 1 aliphatic heterocycles. The van der Waals surface area contributed by atoms with Crippen molar-refractivity contribution in [1.29, 1.82) is 0 Å². The van der Waals surface area contributed by atoms with Gasteiger partial charge in [0.15, 0.2) is 0 Å². The second-order valence-electron chi connectivity index (χ2n) is 4.47. The van der Waals surface area contributed by atoms with Crippen molar-refractivity contribution in [3.63, 3.8) is 0 Å². The molecule has 0 saturated carbocycles. The lowest BCUT2D eigenvalue weighted by Crippen LogP contribution is -2.37. The minimum absolute atomic E-state index is 0.147. The predicted octanol–water partition coefficient (Wildman–Crippen LogP) is 0.660. The van der Waals surface area contributed by atoms with Crippen molar-refractivity contribution < 1.29 is 4.74 Å². The van der Waals surface area contributed by atoms with Gasteiger partial charge >= 0.3 is 0 Å². The Bertz CT molecular complexity index is 344. The highest BCUT2D eigenvalue weighted by molar-refractivity contribution is 5.20. The molecule has 0 radical (unpaired) electrons. The van der Waals surface area contributed by atoms with Gasteiger partial charge in [0.1, 0.15) is 0 Å². The van der Waals surface area contributed by atoms with Gasteiger partial charge in [0.05, 0.1) is 18.3 Å². The van der Waals surface area contributed by atoms with E-state index in [0.29, 0.717) is 5.92 Å². The number of hydrazine groups is 1. The fourth-order valence-electron chi connectivity index (χ4n) is 2.43. The Kier molecular flexibility index (Phi) is 3.58. The van der Waals surface area contributed by atoms with Gasteiger partial charge in [0, 0.05) is 31.3 Å². The van der Waals surface area contributed by atoms with Gasteiger partial charge in [0.25, 0.3) is 0 Å². The largest absolute Gasteiger partial charge is 0.381 e. The molecule has 1 saturated heterocycles. The summed E-state index contributed by atoms with van der Waals surface area (Å²) in [5.41, 5.74) is 5.13. The summed E-state index contributed by atoms with van der Waals surface area (Å²) < 4.78 is 7.34. The summed E-state index contributed by atoms with van der Waals surface area (Å²) >= 11 is 0. The van der Waals surface area contributed by atoms with Gasteiger partial charge in [-0.2, -0.15) is 5.10 Å². The molecule has 1 aromatic rings. The highest BCUT2D eigenvalue weighted by atomic mass is 16.5. The van der Waals surface area contributed by atoms with Crippen LogP contribution in [0, 0.1) is 12.8 Å². The van der Waals surface area contributed by atoms with Crippen LogP contribution in [0.3, 0.4) is 0 Å². The minimum atomic E-state index is 0.147. The zero-order valence-electron chi connectivity index (χ0n) is 9.94. The molecule has 16 heavy (non-hydrogen) atoms. The maximum absolute atomic E-state index is 5.67.